The molecule has 0 bridgehead atoms. The molecule has 1 aliphatic rings. The second-order valence-electron chi connectivity index (χ2n) is 3.82. The van der Waals surface area contributed by atoms with Gasteiger partial charge in [0, 0.05) is 13.1 Å². The second kappa shape index (κ2) is 4.27. The highest BCUT2D eigenvalue weighted by Crippen LogP contribution is 2.23. The fourth-order valence-electron chi connectivity index (χ4n) is 1.76. The highest BCUT2D eigenvalue weighted by molar-refractivity contribution is 6.20. The average Bonchev–Trinajstić information content (AvgIpc) is 2.88. The minimum Gasteiger partial charge on any atom is -0.454 e. The molecule has 1 saturated heterocycles. The SMILES string of the molecule is CC(Cl)c1ccc(C(=O)N2CCCC2)o1. The van der Waals surface area contributed by atoms with Gasteiger partial charge in [-0.2, -0.15) is 0 Å². The van der Waals surface area contributed by atoms with Crippen molar-refractivity contribution in [2.24, 2.45) is 0 Å². The van der Waals surface area contributed by atoms with Crippen LogP contribution in [0.2, 0.25) is 0 Å². The van der Waals surface area contributed by atoms with E-state index in [9.17, 15) is 4.79 Å². The second-order valence-corrected chi connectivity index (χ2v) is 4.47. The summed E-state index contributed by atoms with van der Waals surface area (Å²) in [7, 11) is 0. The van der Waals surface area contributed by atoms with E-state index >= 15 is 0 Å². The third-order valence-corrected chi connectivity index (χ3v) is 2.84. The molecule has 82 valence electrons. The van der Waals surface area contributed by atoms with E-state index in [1.54, 1.807) is 12.1 Å². The van der Waals surface area contributed by atoms with Crippen LogP contribution in [0.15, 0.2) is 16.5 Å². The normalized spacial score (nSPS) is 18.1. The molecule has 0 aromatic carbocycles. The first-order chi connectivity index (χ1) is 7.18. The molecule has 0 radical (unpaired) electrons. The first kappa shape index (κ1) is 10.6. The lowest BCUT2D eigenvalue weighted by molar-refractivity contribution is 0.0759. The molecule has 4 heteroatoms. The first-order valence-electron chi connectivity index (χ1n) is 5.21. The third-order valence-electron chi connectivity index (χ3n) is 2.62. The number of furan rings is 1. The van der Waals surface area contributed by atoms with Crippen molar-refractivity contribution in [3.8, 4) is 0 Å². The number of alkyl halides is 1. The van der Waals surface area contributed by atoms with Crippen molar-refractivity contribution in [3.05, 3.63) is 23.7 Å². The van der Waals surface area contributed by atoms with E-state index in [2.05, 4.69) is 0 Å². The number of carbonyl (C=O) groups excluding carboxylic acids is 1. The fourth-order valence-corrected chi connectivity index (χ4v) is 1.87. The molecule has 0 saturated carbocycles. The molecule has 1 aromatic heterocycles. The Morgan fingerprint density at radius 2 is 2.13 bits per heavy atom. The first-order valence-corrected chi connectivity index (χ1v) is 5.65. The Bertz CT molecular complexity index is 353. The smallest absolute Gasteiger partial charge is 0.289 e. The lowest BCUT2D eigenvalue weighted by atomic mass is 10.3. The maximum Gasteiger partial charge on any atom is 0.289 e. The Hall–Kier alpha value is -0.960. The van der Waals surface area contributed by atoms with Crippen molar-refractivity contribution in [2.75, 3.05) is 13.1 Å². The van der Waals surface area contributed by atoms with Gasteiger partial charge in [0.1, 0.15) is 5.76 Å². The Balaban J connectivity index is 2.11. The molecule has 1 amide bonds. The lowest BCUT2D eigenvalue weighted by Crippen LogP contribution is -2.27. The number of amides is 1. The van der Waals surface area contributed by atoms with Crippen LogP contribution in [0.5, 0.6) is 0 Å². The van der Waals surface area contributed by atoms with Gasteiger partial charge in [-0.15, -0.1) is 11.6 Å². The summed E-state index contributed by atoms with van der Waals surface area (Å²) in [5, 5.41) is -0.190. The van der Waals surface area contributed by atoms with Gasteiger partial charge in [0.2, 0.25) is 0 Å². The maximum absolute atomic E-state index is 11.9. The summed E-state index contributed by atoms with van der Waals surface area (Å²) in [5.74, 6) is 1.04. The summed E-state index contributed by atoms with van der Waals surface area (Å²) in [6, 6.07) is 3.47. The predicted octanol–water partition coefficient (Wildman–Crippen LogP) is 2.82. The molecular formula is C11H14ClNO2. The summed E-state index contributed by atoms with van der Waals surface area (Å²) < 4.78 is 5.40. The molecule has 3 nitrogen and oxygen atoms in total. The van der Waals surface area contributed by atoms with Gasteiger partial charge in [0.25, 0.3) is 5.91 Å². The van der Waals surface area contributed by atoms with Crippen molar-refractivity contribution < 1.29 is 9.21 Å². The van der Waals surface area contributed by atoms with E-state index in [0.29, 0.717) is 11.5 Å². The van der Waals surface area contributed by atoms with Gasteiger partial charge < -0.3 is 9.32 Å². The van der Waals surface area contributed by atoms with Crippen LogP contribution in [0.4, 0.5) is 0 Å². The molecule has 1 aliphatic heterocycles. The standard InChI is InChI=1S/C11H14ClNO2/c1-8(12)9-4-5-10(15-9)11(14)13-6-2-3-7-13/h4-5,8H,2-3,6-7H2,1H3. The molecule has 1 aromatic rings. The third kappa shape index (κ3) is 2.17. The molecule has 0 spiro atoms. The van der Waals surface area contributed by atoms with Gasteiger partial charge in [-0.05, 0) is 31.9 Å². The van der Waals surface area contributed by atoms with Gasteiger partial charge in [-0.1, -0.05) is 0 Å². The Labute approximate surface area is 94.0 Å². The molecule has 15 heavy (non-hydrogen) atoms. The molecule has 2 rings (SSSR count). The Kier molecular flexibility index (Phi) is 3.00. The summed E-state index contributed by atoms with van der Waals surface area (Å²) in [6.45, 7) is 3.50. The highest BCUT2D eigenvalue weighted by Gasteiger charge is 2.22. The van der Waals surface area contributed by atoms with Crippen LogP contribution in [0.25, 0.3) is 0 Å². The summed E-state index contributed by atoms with van der Waals surface area (Å²) in [6.07, 6.45) is 2.18. The number of hydrogen-bond acceptors (Lipinski definition) is 2. The van der Waals surface area contributed by atoms with Crippen molar-refractivity contribution >= 4 is 17.5 Å². The van der Waals surface area contributed by atoms with Gasteiger partial charge in [0.05, 0.1) is 5.38 Å². The minimum atomic E-state index is -0.190. The van der Waals surface area contributed by atoms with Gasteiger partial charge in [-0.25, -0.2) is 0 Å². The highest BCUT2D eigenvalue weighted by atomic mass is 35.5. The largest absolute Gasteiger partial charge is 0.454 e. The number of rotatable bonds is 2. The Morgan fingerprint density at radius 3 is 2.67 bits per heavy atom. The predicted molar refractivity (Wildman–Crippen MR) is 58.1 cm³/mol. The fraction of sp³-hybridized carbons (Fsp3) is 0.545. The van der Waals surface area contributed by atoms with Gasteiger partial charge in [-0.3, -0.25) is 4.79 Å². The zero-order chi connectivity index (χ0) is 10.8. The van der Waals surface area contributed by atoms with Crippen molar-refractivity contribution in [2.45, 2.75) is 25.1 Å². The summed E-state index contributed by atoms with van der Waals surface area (Å²) in [5.41, 5.74) is 0. The monoisotopic (exact) mass is 227 g/mol. The van der Waals surface area contributed by atoms with Crippen LogP contribution >= 0.6 is 11.6 Å². The summed E-state index contributed by atoms with van der Waals surface area (Å²) >= 11 is 5.86. The number of halogens is 1. The Morgan fingerprint density at radius 1 is 1.47 bits per heavy atom. The molecule has 0 aliphatic carbocycles. The van der Waals surface area contributed by atoms with Gasteiger partial charge >= 0.3 is 0 Å². The van der Waals surface area contributed by atoms with E-state index in [-0.39, 0.29) is 11.3 Å². The van der Waals surface area contributed by atoms with Crippen LogP contribution in [0, 0.1) is 0 Å². The van der Waals surface area contributed by atoms with E-state index in [1.165, 1.54) is 0 Å². The van der Waals surface area contributed by atoms with E-state index in [4.69, 9.17) is 16.0 Å². The number of carbonyl (C=O) groups is 1. The van der Waals surface area contributed by atoms with Crippen LogP contribution in [-0.4, -0.2) is 23.9 Å². The molecule has 1 atom stereocenters. The molecular weight excluding hydrogens is 214 g/mol. The zero-order valence-electron chi connectivity index (χ0n) is 8.70. The van der Waals surface area contributed by atoms with Crippen LogP contribution < -0.4 is 0 Å². The number of hydrogen-bond donors (Lipinski definition) is 0. The molecule has 1 fully saturated rings. The topological polar surface area (TPSA) is 33.5 Å². The molecule has 0 N–H and O–H groups in total. The molecule has 1 unspecified atom stereocenters. The molecule has 2 heterocycles. The van der Waals surface area contributed by atoms with Crippen molar-refractivity contribution in [3.63, 3.8) is 0 Å². The van der Waals surface area contributed by atoms with Crippen LogP contribution in [0.3, 0.4) is 0 Å². The van der Waals surface area contributed by atoms with Crippen LogP contribution in [-0.2, 0) is 0 Å². The van der Waals surface area contributed by atoms with E-state index < -0.39 is 0 Å². The number of likely N-dealkylation sites (tertiary alicyclic amines) is 1. The van der Waals surface area contributed by atoms with E-state index in [1.807, 2.05) is 11.8 Å². The number of nitrogens with zero attached hydrogens (tertiary/aromatic N) is 1. The van der Waals surface area contributed by atoms with Gasteiger partial charge in [0.15, 0.2) is 5.76 Å². The van der Waals surface area contributed by atoms with E-state index in [0.717, 1.165) is 25.9 Å². The maximum atomic E-state index is 11.9. The quantitative estimate of drug-likeness (QED) is 0.728. The van der Waals surface area contributed by atoms with Crippen molar-refractivity contribution in [1.29, 1.82) is 0 Å². The van der Waals surface area contributed by atoms with Crippen LogP contribution in [0.1, 0.15) is 41.5 Å². The lowest BCUT2D eigenvalue weighted by Gasteiger charge is -2.12. The summed E-state index contributed by atoms with van der Waals surface area (Å²) in [4.78, 5) is 13.7. The average molecular weight is 228 g/mol. The van der Waals surface area contributed by atoms with Crippen molar-refractivity contribution in [1.82, 2.24) is 4.90 Å². The minimum absolute atomic E-state index is 0.0175. The zero-order valence-corrected chi connectivity index (χ0v) is 9.46.